The van der Waals surface area contributed by atoms with Crippen LogP contribution >= 0.6 is 0 Å². The van der Waals surface area contributed by atoms with Gasteiger partial charge in [-0.2, -0.15) is 0 Å². The van der Waals surface area contributed by atoms with Crippen molar-refractivity contribution in [3.63, 3.8) is 0 Å². The van der Waals surface area contributed by atoms with E-state index < -0.39 is 0 Å². The summed E-state index contributed by atoms with van der Waals surface area (Å²) in [7, 11) is 1.66. The highest BCUT2D eigenvalue weighted by atomic mass is 16.5. The van der Waals surface area contributed by atoms with Crippen molar-refractivity contribution in [2.24, 2.45) is 5.92 Å². The molecule has 2 aliphatic heterocycles. The molecule has 0 radical (unpaired) electrons. The van der Waals surface area contributed by atoms with Crippen LogP contribution in [0.25, 0.3) is 0 Å². The molecule has 0 saturated carbocycles. The number of aryl methyl sites for hydroxylation is 1. The molecule has 4 nitrogen and oxygen atoms in total. The van der Waals surface area contributed by atoms with Crippen LogP contribution in [0.1, 0.15) is 44.1 Å². The number of ether oxygens (including phenoxy) is 2. The second-order valence-electron chi connectivity index (χ2n) is 7.19. The second-order valence-corrected chi connectivity index (χ2v) is 7.19. The predicted octanol–water partition coefficient (Wildman–Crippen LogP) is 2.02. The summed E-state index contributed by atoms with van der Waals surface area (Å²) in [5, 5.41) is 0. The molecule has 132 valence electrons. The highest BCUT2D eigenvalue weighted by molar-refractivity contribution is 5.69. The normalized spacial score (nSPS) is 26.5. The number of methoxy groups -OCH3 is 1. The second kappa shape index (κ2) is 8.52. The molecule has 0 amide bonds. The molecule has 24 heavy (non-hydrogen) atoms. The van der Waals surface area contributed by atoms with Crippen LogP contribution in [0.15, 0.2) is 24.3 Å². The van der Waals surface area contributed by atoms with E-state index in [0.717, 1.165) is 23.8 Å². The molecule has 2 fully saturated rings. The number of quaternary nitrogens is 1. The van der Waals surface area contributed by atoms with Gasteiger partial charge in [-0.05, 0) is 56.2 Å². The van der Waals surface area contributed by atoms with Crippen molar-refractivity contribution >= 4 is 5.97 Å². The van der Waals surface area contributed by atoms with E-state index in [1.54, 1.807) is 12.0 Å². The summed E-state index contributed by atoms with van der Waals surface area (Å²) < 4.78 is 10.8. The van der Waals surface area contributed by atoms with Crippen molar-refractivity contribution in [3.05, 3.63) is 29.8 Å². The Bertz CT molecular complexity index is 526. The largest absolute Gasteiger partial charge is 0.497 e. The third-order valence-electron chi connectivity index (χ3n) is 5.66. The van der Waals surface area contributed by atoms with Crippen LogP contribution in [0.2, 0.25) is 0 Å². The lowest BCUT2D eigenvalue weighted by Gasteiger charge is -2.41. The molecular weight excluding hydrogens is 302 g/mol. The molecular formula is C20H30NO3+. The average Bonchev–Trinajstić information content (AvgIpc) is 2.65. The van der Waals surface area contributed by atoms with Crippen LogP contribution in [-0.4, -0.2) is 38.8 Å². The minimum absolute atomic E-state index is 0.0613. The molecule has 3 rings (SSSR count). The zero-order chi connectivity index (χ0) is 16.8. The number of piperidine rings is 2. The Balaban J connectivity index is 1.41. The zero-order valence-electron chi connectivity index (χ0n) is 14.8. The van der Waals surface area contributed by atoms with Crippen LogP contribution in [0.3, 0.4) is 0 Å². The molecule has 0 spiro atoms. The predicted molar refractivity (Wildman–Crippen MR) is 93.3 cm³/mol. The fourth-order valence-corrected chi connectivity index (χ4v) is 4.29. The molecule has 0 aliphatic carbocycles. The maximum Gasteiger partial charge on any atom is 0.306 e. The van der Waals surface area contributed by atoms with E-state index in [4.69, 9.17) is 9.47 Å². The summed E-state index contributed by atoms with van der Waals surface area (Å²) in [6.45, 7) is 3.24. The summed E-state index contributed by atoms with van der Waals surface area (Å²) in [5.41, 5.74) is 1.15. The van der Waals surface area contributed by atoms with E-state index in [1.807, 2.05) is 24.3 Å². The molecule has 0 bridgehead atoms. The van der Waals surface area contributed by atoms with Crippen LogP contribution in [0.5, 0.6) is 5.75 Å². The van der Waals surface area contributed by atoms with Gasteiger partial charge in [0.15, 0.2) is 0 Å². The molecule has 1 unspecified atom stereocenters. The number of hydrogen-bond donors (Lipinski definition) is 1. The van der Waals surface area contributed by atoms with E-state index in [-0.39, 0.29) is 5.97 Å². The first kappa shape index (κ1) is 17.3. The topological polar surface area (TPSA) is 40.0 Å². The van der Waals surface area contributed by atoms with Gasteiger partial charge in [0.05, 0.1) is 32.8 Å². The first-order chi connectivity index (χ1) is 11.8. The van der Waals surface area contributed by atoms with Gasteiger partial charge in [-0.1, -0.05) is 12.1 Å². The van der Waals surface area contributed by atoms with Gasteiger partial charge in [0.2, 0.25) is 0 Å². The Labute approximate surface area is 145 Å². The highest BCUT2D eigenvalue weighted by Gasteiger charge is 2.37. The Morgan fingerprint density at radius 2 is 1.92 bits per heavy atom. The standard InChI is InChI=1S/C20H29NO3/c1-23-18-10-7-16(8-11-18)9-12-20(22)24-15-17-5-4-14-21-13-3-2-6-19(17)21/h7-8,10-11,17,19H,2-6,9,12-15H2,1H3/p+1/t17-,19+/m0/s1. The fraction of sp³-hybridized carbons (Fsp3) is 0.650. The molecule has 1 aromatic carbocycles. The fourth-order valence-electron chi connectivity index (χ4n) is 4.29. The number of fused-ring (bicyclic) bond motifs is 1. The van der Waals surface area contributed by atoms with Gasteiger partial charge in [-0.15, -0.1) is 0 Å². The van der Waals surface area contributed by atoms with Crippen molar-refractivity contribution < 1.29 is 19.2 Å². The lowest BCUT2D eigenvalue weighted by molar-refractivity contribution is -0.940. The van der Waals surface area contributed by atoms with Gasteiger partial charge in [0.1, 0.15) is 5.75 Å². The van der Waals surface area contributed by atoms with Gasteiger partial charge in [-0.25, -0.2) is 0 Å². The minimum atomic E-state index is -0.0613. The maximum atomic E-state index is 12.1. The zero-order valence-corrected chi connectivity index (χ0v) is 14.8. The monoisotopic (exact) mass is 332 g/mol. The number of benzene rings is 1. The van der Waals surface area contributed by atoms with Crippen LogP contribution < -0.4 is 9.64 Å². The number of nitrogens with one attached hydrogen (secondary N) is 1. The molecule has 0 aromatic heterocycles. The molecule has 2 heterocycles. The van der Waals surface area contributed by atoms with E-state index in [1.165, 1.54) is 45.2 Å². The Kier molecular flexibility index (Phi) is 6.13. The SMILES string of the molecule is COc1ccc(CCC(=O)OC[C@@H]2CCC[NH+]3CCCC[C@H]23)cc1. The smallest absolute Gasteiger partial charge is 0.306 e. The summed E-state index contributed by atoms with van der Waals surface area (Å²) in [6, 6.07) is 8.61. The number of carbonyl (C=O) groups excluding carboxylic acids is 1. The highest BCUT2D eigenvalue weighted by Crippen LogP contribution is 2.21. The van der Waals surface area contributed by atoms with E-state index in [0.29, 0.717) is 18.9 Å². The quantitative estimate of drug-likeness (QED) is 0.810. The molecule has 2 aliphatic rings. The molecule has 2 saturated heterocycles. The van der Waals surface area contributed by atoms with Gasteiger partial charge in [0.25, 0.3) is 0 Å². The lowest BCUT2D eigenvalue weighted by Crippen LogP contribution is -3.18. The Hall–Kier alpha value is -1.55. The first-order valence-corrected chi connectivity index (χ1v) is 9.39. The van der Waals surface area contributed by atoms with Crippen LogP contribution in [-0.2, 0) is 16.0 Å². The average molecular weight is 332 g/mol. The molecule has 3 atom stereocenters. The van der Waals surface area contributed by atoms with E-state index in [9.17, 15) is 4.79 Å². The number of hydrogen-bond acceptors (Lipinski definition) is 3. The Morgan fingerprint density at radius 3 is 2.71 bits per heavy atom. The van der Waals surface area contributed by atoms with Crippen molar-refractivity contribution in [3.8, 4) is 5.75 Å². The Morgan fingerprint density at radius 1 is 1.12 bits per heavy atom. The van der Waals surface area contributed by atoms with Crippen molar-refractivity contribution in [1.29, 1.82) is 0 Å². The van der Waals surface area contributed by atoms with Crippen molar-refractivity contribution in [2.45, 2.75) is 51.0 Å². The lowest BCUT2D eigenvalue weighted by atomic mass is 9.84. The molecule has 4 heteroatoms. The molecule has 1 aromatic rings. The van der Waals surface area contributed by atoms with Gasteiger partial charge >= 0.3 is 5.97 Å². The third kappa shape index (κ3) is 4.50. The summed E-state index contributed by atoms with van der Waals surface area (Å²) >= 11 is 0. The summed E-state index contributed by atoms with van der Waals surface area (Å²) in [6.07, 6.45) is 7.70. The van der Waals surface area contributed by atoms with Crippen LogP contribution in [0, 0.1) is 5.92 Å². The maximum absolute atomic E-state index is 12.1. The van der Waals surface area contributed by atoms with E-state index in [2.05, 4.69) is 0 Å². The van der Waals surface area contributed by atoms with E-state index >= 15 is 0 Å². The van der Waals surface area contributed by atoms with Gasteiger partial charge in [-0.3, -0.25) is 4.79 Å². The summed E-state index contributed by atoms with van der Waals surface area (Å²) in [4.78, 5) is 13.8. The number of esters is 1. The third-order valence-corrected chi connectivity index (χ3v) is 5.66. The van der Waals surface area contributed by atoms with Gasteiger partial charge in [0, 0.05) is 12.3 Å². The first-order valence-electron chi connectivity index (χ1n) is 9.39. The minimum Gasteiger partial charge on any atom is -0.497 e. The van der Waals surface area contributed by atoms with Crippen molar-refractivity contribution in [2.75, 3.05) is 26.8 Å². The van der Waals surface area contributed by atoms with Gasteiger partial charge < -0.3 is 14.4 Å². The summed E-state index contributed by atoms with van der Waals surface area (Å²) in [5.74, 6) is 1.35. The number of carbonyl (C=O) groups is 1. The molecule has 1 N–H and O–H groups in total. The van der Waals surface area contributed by atoms with Crippen molar-refractivity contribution in [1.82, 2.24) is 0 Å². The van der Waals surface area contributed by atoms with Crippen LogP contribution in [0.4, 0.5) is 0 Å². The number of rotatable bonds is 6.